The predicted molar refractivity (Wildman–Crippen MR) is 117 cm³/mol. The molecule has 1 aromatic rings. The van der Waals surface area contributed by atoms with E-state index in [0.717, 1.165) is 11.1 Å². The summed E-state index contributed by atoms with van der Waals surface area (Å²) in [5.74, 6) is -0.379. The van der Waals surface area contributed by atoms with E-state index in [1.54, 1.807) is 20.8 Å². The largest absolute Gasteiger partial charge is 0.444 e. The Morgan fingerprint density at radius 1 is 1.23 bits per heavy atom. The monoisotopic (exact) mass is 453 g/mol. The number of benzene rings is 1. The first kappa shape index (κ1) is 22.6. The van der Waals surface area contributed by atoms with Gasteiger partial charge in [0.25, 0.3) is 5.91 Å². The number of amides is 2. The van der Waals surface area contributed by atoms with Gasteiger partial charge in [0.2, 0.25) is 0 Å². The number of fused-ring (bicyclic) bond motifs is 1. The fourth-order valence-electron chi connectivity index (χ4n) is 3.32. The zero-order valence-corrected chi connectivity index (χ0v) is 19.2. The first-order valence-corrected chi connectivity index (χ1v) is 12.4. The lowest BCUT2D eigenvalue weighted by Crippen LogP contribution is -2.38. The second kappa shape index (κ2) is 8.58. The Morgan fingerprint density at radius 3 is 2.53 bits per heavy atom. The number of amidine groups is 1. The van der Waals surface area contributed by atoms with Gasteiger partial charge in [0.1, 0.15) is 12.1 Å². The van der Waals surface area contributed by atoms with Crippen LogP contribution in [0.4, 0.5) is 4.79 Å². The van der Waals surface area contributed by atoms with Gasteiger partial charge in [0.15, 0.2) is 15.0 Å². The van der Waals surface area contributed by atoms with E-state index in [9.17, 15) is 18.0 Å². The second-order valence-electron chi connectivity index (χ2n) is 8.56. The molecule has 2 aliphatic heterocycles. The molecular formula is C20H27N3O5S2. The van der Waals surface area contributed by atoms with Crippen molar-refractivity contribution in [1.82, 2.24) is 10.2 Å². The number of hydrogen-bond acceptors (Lipinski definition) is 6. The lowest BCUT2D eigenvalue weighted by molar-refractivity contribution is -0.117. The highest BCUT2D eigenvalue weighted by Crippen LogP contribution is 2.39. The third-order valence-corrected chi connectivity index (χ3v) is 7.90. The molecule has 8 nitrogen and oxygen atoms in total. The molecule has 0 unspecified atom stereocenters. The van der Waals surface area contributed by atoms with Crippen LogP contribution in [0.25, 0.3) is 0 Å². The zero-order valence-electron chi connectivity index (χ0n) is 17.5. The molecule has 2 fully saturated rings. The van der Waals surface area contributed by atoms with Crippen molar-refractivity contribution >= 4 is 38.8 Å². The van der Waals surface area contributed by atoms with Crippen LogP contribution in [0.15, 0.2) is 29.3 Å². The summed E-state index contributed by atoms with van der Waals surface area (Å²) >= 11 is 1.32. The number of nitrogens with zero attached hydrogens (tertiary/aromatic N) is 2. The second-order valence-corrected chi connectivity index (χ2v) is 11.9. The average Bonchev–Trinajstić information content (AvgIpc) is 3.06. The minimum absolute atomic E-state index is 0.0555. The van der Waals surface area contributed by atoms with Gasteiger partial charge >= 0.3 is 6.09 Å². The van der Waals surface area contributed by atoms with Crippen molar-refractivity contribution in [2.24, 2.45) is 4.99 Å². The topological polar surface area (TPSA) is 105 Å². The molecule has 0 aliphatic carbocycles. The van der Waals surface area contributed by atoms with E-state index in [1.807, 2.05) is 36.1 Å². The van der Waals surface area contributed by atoms with Gasteiger partial charge in [-0.25, -0.2) is 13.2 Å². The van der Waals surface area contributed by atoms with Crippen molar-refractivity contribution in [3.05, 3.63) is 35.4 Å². The van der Waals surface area contributed by atoms with E-state index in [2.05, 4.69) is 10.3 Å². The van der Waals surface area contributed by atoms with Crippen molar-refractivity contribution in [2.75, 3.05) is 18.1 Å². The van der Waals surface area contributed by atoms with Crippen LogP contribution in [-0.2, 0) is 25.9 Å². The van der Waals surface area contributed by atoms with Gasteiger partial charge in [-0.1, -0.05) is 41.6 Å². The molecule has 2 aliphatic rings. The normalized spacial score (nSPS) is 24.0. The molecule has 1 N–H and O–H groups in total. The molecule has 2 atom stereocenters. The fourth-order valence-corrected chi connectivity index (χ4v) is 7.29. The van der Waals surface area contributed by atoms with Crippen LogP contribution in [-0.4, -0.2) is 65.4 Å². The van der Waals surface area contributed by atoms with Gasteiger partial charge in [-0.15, -0.1) is 0 Å². The first-order chi connectivity index (χ1) is 13.9. The zero-order chi connectivity index (χ0) is 22.1. The van der Waals surface area contributed by atoms with Gasteiger partial charge in [-0.05, 0) is 33.3 Å². The summed E-state index contributed by atoms with van der Waals surface area (Å²) in [6.07, 6.45) is -0.686. The molecule has 0 aromatic heterocycles. The Bertz CT molecular complexity index is 952. The Kier molecular flexibility index (Phi) is 6.47. The molecule has 0 bridgehead atoms. The van der Waals surface area contributed by atoms with Crippen LogP contribution >= 0.6 is 11.8 Å². The van der Waals surface area contributed by atoms with Gasteiger partial charge in [-0.3, -0.25) is 4.79 Å². The van der Waals surface area contributed by atoms with Crippen LogP contribution in [0.1, 0.15) is 31.9 Å². The molecule has 10 heteroatoms. The number of nitrogens with one attached hydrogen (secondary N) is 1. The number of ether oxygens (including phenoxy) is 1. The van der Waals surface area contributed by atoms with Crippen molar-refractivity contribution in [1.29, 1.82) is 0 Å². The minimum atomic E-state index is -3.10. The maximum absolute atomic E-state index is 12.3. The summed E-state index contributed by atoms with van der Waals surface area (Å²) in [6.45, 7) is 7.39. The molecule has 2 heterocycles. The number of thioether (sulfide) groups is 1. The highest BCUT2D eigenvalue weighted by atomic mass is 32.2. The summed E-state index contributed by atoms with van der Waals surface area (Å²) < 4.78 is 29.3. The molecule has 3 rings (SSSR count). The van der Waals surface area contributed by atoms with Crippen molar-refractivity contribution in [3.63, 3.8) is 0 Å². The number of rotatable bonds is 4. The standard InChI is InChI=1S/C20H27N3O5S2/c1-13-5-7-14(8-6-13)10-23-15-11-30(26,27)12-16(15)29-18(23)22-17(24)9-21-19(25)28-20(2,3)4/h5-8,15-16H,9-12H2,1-4H3,(H,21,25)/t15-,16+/m1/s1. The highest BCUT2D eigenvalue weighted by molar-refractivity contribution is 8.15. The molecule has 0 spiro atoms. The van der Waals surface area contributed by atoms with Crippen molar-refractivity contribution in [2.45, 2.75) is 51.1 Å². The van der Waals surface area contributed by atoms with Crippen LogP contribution in [0.5, 0.6) is 0 Å². The van der Waals surface area contributed by atoms with Crippen molar-refractivity contribution in [3.8, 4) is 0 Å². The SMILES string of the molecule is Cc1ccc(CN2C(=NC(=O)CNC(=O)OC(C)(C)C)S[C@H]3CS(=O)(=O)C[C@H]32)cc1. The van der Waals surface area contributed by atoms with E-state index < -0.39 is 27.4 Å². The fraction of sp³-hybridized carbons (Fsp3) is 0.550. The summed E-state index contributed by atoms with van der Waals surface area (Å²) in [6, 6.07) is 7.75. The van der Waals surface area contributed by atoms with Crippen LogP contribution in [0, 0.1) is 6.92 Å². The third-order valence-electron chi connectivity index (χ3n) is 4.65. The van der Waals surface area contributed by atoms with E-state index in [-0.39, 0.29) is 29.3 Å². The molecular weight excluding hydrogens is 426 g/mol. The highest BCUT2D eigenvalue weighted by Gasteiger charge is 2.48. The number of carbonyl (C=O) groups excluding carboxylic acids is 2. The molecule has 1 aromatic carbocycles. The lowest BCUT2D eigenvalue weighted by Gasteiger charge is -2.24. The van der Waals surface area contributed by atoms with E-state index in [4.69, 9.17) is 4.74 Å². The number of carbonyl (C=O) groups is 2. The predicted octanol–water partition coefficient (Wildman–Crippen LogP) is 2.12. The van der Waals surface area contributed by atoms with Crippen LogP contribution in [0.2, 0.25) is 0 Å². The van der Waals surface area contributed by atoms with Gasteiger partial charge in [-0.2, -0.15) is 4.99 Å². The number of hydrogen-bond donors (Lipinski definition) is 1. The Hall–Kier alpha value is -2.07. The summed E-state index contributed by atoms with van der Waals surface area (Å²) in [4.78, 5) is 30.2. The number of alkyl carbamates (subject to hydrolysis) is 1. The summed E-state index contributed by atoms with van der Waals surface area (Å²) in [5, 5.41) is 2.76. The van der Waals surface area contributed by atoms with Crippen molar-refractivity contribution < 1.29 is 22.7 Å². The van der Waals surface area contributed by atoms with Gasteiger partial charge in [0, 0.05) is 11.8 Å². The maximum Gasteiger partial charge on any atom is 0.408 e. The van der Waals surface area contributed by atoms with E-state index >= 15 is 0 Å². The average molecular weight is 454 g/mol. The summed E-state index contributed by atoms with van der Waals surface area (Å²) in [7, 11) is -3.10. The minimum Gasteiger partial charge on any atom is -0.444 e. The van der Waals surface area contributed by atoms with Gasteiger partial charge in [0.05, 0.1) is 17.5 Å². The smallest absolute Gasteiger partial charge is 0.408 e. The molecule has 2 amide bonds. The maximum atomic E-state index is 12.3. The van der Waals surface area contributed by atoms with Crippen LogP contribution in [0.3, 0.4) is 0 Å². The molecule has 164 valence electrons. The Morgan fingerprint density at radius 2 is 1.90 bits per heavy atom. The Labute approximate surface area is 181 Å². The molecule has 0 radical (unpaired) electrons. The lowest BCUT2D eigenvalue weighted by atomic mass is 10.1. The molecule has 0 saturated carbocycles. The quantitative estimate of drug-likeness (QED) is 0.744. The number of aryl methyl sites for hydroxylation is 1. The molecule has 30 heavy (non-hydrogen) atoms. The summed E-state index contributed by atoms with van der Waals surface area (Å²) in [5.41, 5.74) is 1.49. The number of sulfone groups is 1. The first-order valence-electron chi connectivity index (χ1n) is 9.69. The Balaban J connectivity index is 1.72. The molecule has 2 saturated heterocycles. The van der Waals surface area contributed by atoms with E-state index in [0.29, 0.717) is 11.7 Å². The van der Waals surface area contributed by atoms with Crippen LogP contribution < -0.4 is 5.32 Å². The van der Waals surface area contributed by atoms with E-state index in [1.165, 1.54) is 11.8 Å². The third kappa shape index (κ3) is 5.98. The number of aliphatic imine (C=N–C) groups is 1. The van der Waals surface area contributed by atoms with Gasteiger partial charge < -0.3 is 15.0 Å².